The van der Waals surface area contributed by atoms with Gasteiger partial charge in [-0.25, -0.2) is 4.68 Å². The van der Waals surface area contributed by atoms with Gasteiger partial charge in [0, 0.05) is 25.0 Å². The van der Waals surface area contributed by atoms with Crippen molar-refractivity contribution in [1.29, 1.82) is 0 Å². The number of halogens is 1. The molecule has 0 amide bonds. The van der Waals surface area contributed by atoms with Gasteiger partial charge in [0.05, 0.1) is 18.4 Å². The van der Waals surface area contributed by atoms with Gasteiger partial charge in [-0.15, -0.1) is 11.6 Å². The maximum Gasteiger partial charge on any atom is 0.269 e. The van der Waals surface area contributed by atoms with Crippen molar-refractivity contribution < 1.29 is 0 Å². The lowest BCUT2D eigenvalue weighted by Crippen LogP contribution is -2.34. The molecule has 0 spiro atoms. The van der Waals surface area contributed by atoms with E-state index in [2.05, 4.69) is 23.5 Å². The number of hydrogen-bond donors (Lipinski definition) is 0. The molecule has 0 saturated carbocycles. The van der Waals surface area contributed by atoms with E-state index >= 15 is 0 Å². The van der Waals surface area contributed by atoms with Crippen molar-refractivity contribution in [1.82, 2.24) is 9.78 Å². The topological polar surface area (TPSA) is 38.1 Å². The molecule has 1 aromatic rings. The monoisotopic (exact) mass is 281 g/mol. The molecule has 4 nitrogen and oxygen atoms in total. The predicted octanol–water partition coefficient (Wildman–Crippen LogP) is 2.27. The minimum Gasteiger partial charge on any atom is -0.370 e. The fourth-order valence-electron chi connectivity index (χ4n) is 2.24. The Balaban J connectivity index is 2.10. The summed E-state index contributed by atoms with van der Waals surface area (Å²) >= 11 is 5.67. The van der Waals surface area contributed by atoms with Crippen LogP contribution in [0.4, 0.5) is 5.69 Å². The Kier molecular flexibility index (Phi) is 4.64. The molecule has 0 radical (unpaired) electrons. The molecule has 0 bridgehead atoms. The summed E-state index contributed by atoms with van der Waals surface area (Å²) in [6, 6.07) is 1.66. The van der Waals surface area contributed by atoms with E-state index in [1.807, 2.05) is 0 Å². The zero-order chi connectivity index (χ0) is 13.8. The number of alkyl halides is 1. The fourth-order valence-corrected chi connectivity index (χ4v) is 2.32. The van der Waals surface area contributed by atoms with Crippen molar-refractivity contribution in [2.24, 2.45) is 5.92 Å². The van der Waals surface area contributed by atoms with Gasteiger partial charge in [-0.2, -0.15) is 5.10 Å². The quantitative estimate of drug-likeness (QED) is 0.628. The van der Waals surface area contributed by atoms with Gasteiger partial charge in [-0.3, -0.25) is 4.79 Å². The number of piperidine rings is 1. The molecule has 1 fully saturated rings. The molecule has 2 heterocycles. The van der Waals surface area contributed by atoms with E-state index < -0.39 is 0 Å². The lowest BCUT2D eigenvalue weighted by molar-refractivity contribution is 0.437. The Morgan fingerprint density at radius 2 is 2.21 bits per heavy atom. The van der Waals surface area contributed by atoms with Crippen molar-refractivity contribution in [2.75, 3.05) is 23.9 Å². The number of rotatable bonds is 4. The van der Waals surface area contributed by atoms with Crippen LogP contribution in [0.5, 0.6) is 0 Å². The highest BCUT2D eigenvalue weighted by atomic mass is 35.5. The van der Waals surface area contributed by atoms with Crippen LogP contribution >= 0.6 is 11.6 Å². The summed E-state index contributed by atoms with van der Waals surface area (Å²) in [5, 5.41) is 4.20. The second-order valence-corrected chi connectivity index (χ2v) is 5.53. The molecule has 1 aliphatic heterocycles. The van der Waals surface area contributed by atoms with Crippen LogP contribution in [0.2, 0.25) is 0 Å². The Morgan fingerprint density at radius 3 is 2.79 bits per heavy atom. The van der Waals surface area contributed by atoms with Crippen molar-refractivity contribution >= 4 is 17.3 Å². The first kappa shape index (κ1) is 14.1. The average Bonchev–Trinajstić information content (AvgIpc) is 2.41. The normalized spacial score (nSPS) is 16.6. The largest absolute Gasteiger partial charge is 0.370 e. The van der Waals surface area contributed by atoms with Crippen LogP contribution in [0, 0.1) is 5.92 Å². The van der Waals surface area contributed by atoms with Gasteiger partial charge in [-0.1, -0.05) is 13.5 Å². The van der Waals surface area contributed by atoms with Gasteiger partial charge >= 0.3 is 0 Å². The zero-order valence-corrected chi connectivity index (χ0v) is 12.1. The summed E-state index contributed by atoms with van der Waals surface area (Å²) in [5.74, 6) is 1.12. The Hall–Kier alpha value is -1.29. The maximum absolute atomic E-state index is 12.0. The second-order valence-electron chi connectivity index (χ2n) is 5.26. The molecule has 1 aliphatic rings. The van der Waals surface area contributed by atoms with Crippen LogP contribution in [0.25, 0.3) is 0 Å². The molecule has 19 heavy (non-hydrogen) atoms. The van der Waals surface area contributed by atoms with Gasteiger partial charge in [0.15, 0.2) is 0 Å². The molecule has 0 atom stereocenters. The summed E-state index contributed by atoms with van der Waals surface area (Å²) < 4.78 is 1.40. The molecule has 1 aromatic heterocycles. The maximum atomic E-state index is 12.0. The highest BCUT2D eigenvalue weighted by molar-refractivity contribution is 6.19. The predicted molar refractivity (Wildman–Crippen MR) is 79.0 cm³/mol. The van der Waals surface area contributed by atoms with E-state index in [1.165, 1.54) is 17.5 Å². The van der Waals surface area contributed by atoms with Gasteiger partial charge in [0.1, 0.15) is 0 Å². The van der Waals surface area contributed by atoms with E-state index in [-0.39, 0.29) is 5.56 Å². The van der Waals surface area contributed by atoms with Crippen LogP contribution < -0.4 is 10.5 Å². The Bertz CT molecular complexity index is 504. The van der Waals surface area contributed by atoms with Crippen molar-refractivity contribution in [3.8, 4) is 0 Å². The van der Waals surface area contributed by atoms with Crippen LogP contribution in [0.3, 0.4) is 0 Å². The minimum absolute atomic E-state index is 0.0950. The lowest BCUT2D eigenvalue weighted by Gasteiger charge is -2.31. The van der Waals surface area contributed by atoms with Gasteiger partial charge in [0.25, 0.3) is 5.56 Å². The Morgan fingerprint density at radius 1 is 1.53 bits per heavy atom. The highest BCUT2D eigenvalue weighted by Gasteiger charge is 2.16. The van der Waals surface area contributed by atoms with Crippen LogP contribution in [-0.4, -0.2) is 28.8 Å². The zero-order valence-electron chi connectivity index (χ0n) is 11.3. The average molecular weight is 282 g/mol. The van der Waals surface area contributed by atoms with Gasteiger partial charge in [0.2, 0.25) is 0 Å². The van der Waals surface area contributed by atoms with Crippen LogP contribution in [-0.2, 0) is 6.54 Å². The molecular weight excluding hydrogens is 262 g/mol. The SMILES string of the molecule is C=C(CCl)Cn1ncc(N2CCC(C)CC2)cc1=O. The standard InChI is InChI=1S/C14H20ClN3O/c1-11-3-5-17(6-4-11)13-7-14(19)18(16-9-13)10-12(2)8-15/h7,9,11H,2-6,8,10H2,1H3. The molecule has 1 saturated heterocycles. The number of hydrogen-bond acceptors (Lipinski definition) is 3. The third kappa shape index (κ3) is 3.60. The minimum atomic E-state index is -0.0950. The summed E-state index contributed by atoms with van der Waals surface area (Å²) in [5.41, 5.74) is 1.61. The molecule has 5 heteroatoms. The first-order chi connectivity index (χ1) is 9.10. The van der Waals surface area contributed by atoms with Crippen LogP contribution in [0.15, 0.2) is 29.2 Å². The van der Waals surface area contributed by atoms with Crippen molar-refractivity contribution in [3.63, 3.8) is 0 Å². The number of allylic oxidation sites excluding steroid dienone is 1. The summed E-state index contributed by atoms with van der Waals surface area (Å²) in [6.07, 6.45) is 4.11. The molecule has 0 unspecified atom stereocenters. The summed E-state index contributed by atoms with van der Waals surface area (Å²) in [7, 11) is 0. The molecule has 0 aliphatic carbocycles. The second kappa shape index (κ2) is 6.24. The summed E-state index contributed by atoms with van der Waals surface area (Å²) in [4.78, 5) is 14.2. The smallest absolute Gasteiger partial charge is 0.269 e. The first-order valence-corrected chi connectivity index (χ1v) is 7.18. The number of aromatic nitrogens is 2. The van der Waals surface area contributed by atoms with Crippen molar-refractivity contribution in [2.45, 2.75) is 26.3 Å². The van der Waals surface area contributed by atoms with Gasteiger partial charge < -0.3 is 4.90 Å². The van der Waals surface area contributed by atoms with E-state index in [0.29, 0.717) is 12.4 Å². The fraction of sp³-hybridized carbons (Fsp3) is 0.571. The first-order valence-electron chi connectivity index (χ1n) is 6.65. The summed E-state index contributed by atoms with van der Waals surface area (Å²) in [6.45, 7) is 8.45. The molecular formula is C14H20ClN3O. The molecule has 0 aromatic carbocycles. The van der Waals surface area contributed by atoms with Crippen LogP contribution in [0.1, 0.15) is 19.8 Å². The third-order valence-electron chi connectivity index (χ3n) is 3.57. The molecule has 104 valence electrons. The lowest BCUT2D eigenvalue weighted by atomic mass is 9.99. The molecule has 0 N–H and O–H groups in total. The van der Waals surface area contributed by atoms with Gasteiger partial charge in [-0.05, 0) is 24.3 Å². The van der Waals surface area contributed by atoms with E-state index in [0.717, 1.165) is 30.3 Å². The Labute approximate surface area is 118 Å². The van der Waals surface area contributed by atoms with Crippen molar-refractivity contribution in [3.05, 3.63) is 34.8 Å². The van der Waals surface area contributed by atoms with E-state index in [1.54, 1.807) is 12.3 Å². The number of nitrogens with zero attached hydrogens (tertiary/aromatic N) is 3. The molecule has 2 rings (SSSR count). The third-order valence-corrected chi connectivity index (χ3v) is 3.94. The highest BCUT2D eigenvalue weighted by Crippen LogP contribution is 2.20. The number of anilines is 1. The van der Waals surface area contributed by atoms with E-state index in [9.17, 15) is 4.79 Å². The van der Waals surface area contributed by atoms with E-state index in [4.69, 9.17) is 11.6 Å².